The van der Waals surface area contributed by atoms with Gasteiger partial charge < -0.3 is 9.80 Å². The van der Waals surface area contributed by atoms with Crippen molar-refractivity contribution in [2.24, 2.45) is 5.92 Å². The van der Waals surface area contributed by atoms with E-state index in [1.54, 1.807) is 0 Å². The third-order valence-electron chi connectivity index (χ3n) is 5.58. The van der Waals surface area contributed by atoms with Gasteiger partial charge >= 0.3 is 0 Å². The van der Waals surface area contributed by atoms with Crippen LogP contribution in [-0.4, -0.2) is 54.0 Å². The lowest BCUT2D eigenvalue weighted by Crippen LogP contribution is -2.50. The molecule has 0 N–H and O–H groups in total. The van der Waals surface area contributed by atoms with Crippen molar-refractivity contribution >= 4 is 22.5 Å². The predicted molar refractivity (Wildman–Crippen MR) is 115 cm³/mol. The van der Waals surface area contributed by atoms with Crippen LogP contribution in [0.2, 0.25) is 0 Å². The van der Waals surface area contributed by atoms with Crippen molar-refractivity contribution in [1.82, 2.24) is 14.4 Å². The zero-order valence-electron chi connectivity index (χ0n) is 16.6. The van der Waals surface area contributed by atoms with E-state index in [2.05, 4.69) is 48.7 Å². The molecule has 4 rings (SSSR count). The van der Waals surface area contributed by atoms with E-state index in [-0.39, 0.29) is 11.8 Å². The molecule has 144 valence electrons. The second kappa shape index (κ2) is 7.64. The summed E-state index contributed by atoms with van der Waals surface area (Å²) in [5.41, 5.74) is 4.36. The molecular weight excluding hydrogens is 346 g/mol. The number of hydrogen-bond acceptors (Lipinski definition) is 3. The number of hydrogen-bond donors (Lipinski definition) is 0. The molecule has 2 heterocycles. The minimum atomic E-state index is 0.0120. The van der Waals surface area contributed by atoms with Crippen molar-refractivity contribution < 1.29 is 4.79 Å². The molecule has 0 bridgehead atoms. The Labute approximate surface area is 166 Å². The summed E-state index contributed by atoms with van der Waals surface area (Å²) < 4.78 is 1.87. The van der Waals surface area contributed by atoms with E-state index in [4.69, 9.17) is 0 Å². The number of likely N-dealkylation sites (N-methyl/N-ethyl adjacent to an activating group) is 1. The van der Waals surface area contributed by atoms with Crippen molar-refractivity contribution in [2.75, 3.05) is 33.7 Å². The molecule has 1 aliphatic rings. The highest BCUT2D eigenvalue weighted by Gasteiger charge is 2.35. The first-order valence-corrected chi connectivity index (χ1v) is 9.82. The quantitative estimate of drug-likeness (QED) is 0.654. The van der Waals surface area contributed by atoms with Gasteiger partial charge in [-0.05, 0) is 37.7 Å². The molecule has 4 nitrogen and oxygen atoms in total. The van der Waals surface area contributed by atoms with Crippen molar-refractivity contribution in [2.45, 2.75) is 6.42 Å². The first kappa shape index (κ1) is 18.5. The Morgan fingerprint density at radius 3 is 2.46 bits per heavy atom. The fraction of sp³-hybridized carbons (Fsp3) is 0.292. The van der Waals surface area contributed by atoms with Crippen molar-refractivity contribution in [3.8, 4) is 0 Å². The van der Waals surface area contributed by atoms with Crippen molar-refractivity contribution in [3.63, 3.8) is 0 Å². The topological polar surface area (TPSA) is 28.5 Å². The van der Waals surface area contributed by atoms with Gasteiger partial charge in [0, 0.05) is 36.9 Å². The predicted octanol–water partition coefficient (Wildman–Crippen LogP) is 3.99. The zero-order valence-corrected chi connectivity index (χ0v) is 16.6. The van der Waals surface area contributed by atoms with Crippen LogP contribution < -0.4 is 0 Å². The second-order valence-corrected chi connectivity index (χ2v) is 7.85. The lowest BCUT2D eigenvalue weighted by atomic mass is 9.96. The van der Waals surface area contributed by atoms with Crippen LogP contribution in [-0.2, 0) is 6.42 Å². The van der Waals surface area contributed by atoms with Crippen molar-refractivity contribution in [3.05, 3.63) is 78.5 Å². The van der Waals surface area contributed by atoms with Gasteiger partial charge in [0.15, 0.2) is 0 Å². The Morgan fingerprint density at radius 1 is 1.07 bits per heavy atom. The monoisotopic (exact) mass is 373 g/mol. The highest BCUT2D eigenvalue weighted by Crippen LogP contribution is 2.29. The number of para-hydroxylation sites is 1. The number of benzene rings is 2. The van der Waals surface area contributed by atoms with Gasteiger partial charge in [0.1, 0.15) is 0 Å². The van der Waals surface area contributed by atoms with Gasteiger partial charge in [-0.15, -0.1) is 0 Å². The third kappa shape index (κ3) is 3.48. The summed E-state index contributed by atoms with van der Waals surface area (Å²) in [5.74, 6) is 0.197. The van der Waals surface area contributed by atoms with E-state index in [0.29, 0.717) is 0 Å². The highest BCUT2D eigenvalue weighted by molar-refractivity contribution is 5.96. The van der Waals surface area contributed by atoms with E-state index >= 15 is 0 Å². The van der Waals surface area contributed by atoms with E-state index in [9.17, 15) is 4.79 Å². The second-order valence-electron chi connectivity index (χ2n) is 7.85. The summed E-state index contributed by atoms with van der Waals surface area (Å²) >= 11 is 0. The van der Waals surface area contributed by atoms with Crippen LogP contribution in [0.4, 0.5) is 0 Å². The van der Waals surface area contributed by atoms with Gasteiger partial charge in [-0.2, -0.15) is 0 Å². The Morgan fingerprint density at radius 2 is 1.75 bits per heavy atom. The van der Waals surface area contributed by atoms with Gasteiger partial charge in [0.05, 0.1) is 11.4 Å². The van der Waals surface area contributed by atoms with E-state index < -0.39 is 0 Å². The fourth-order valence-electron chi connectivity index (χ4n) is 3.84. The summed E-state index contributed by atoms with van der Waals surface area (Å²) in [6.07, 6.45) is 2.99. The molecule has 3 aromatic rings. The van der Waals surface area contributed by atoms with E-state index in [1.165, 1.54) is 10.9 Å². The number of aromatic nitrogens is 1. The molecule has 1 saturated heterocycles. The maximum absolute atomic E-state index is 13.2. The molecule has 1 fully saturated rings. The van der Waals surface area contributed by atoms with Crippen LogP contribution in [0.15, 0.2) is 67.4 Å². The molecule has 0 atom stereocenters. The fourth-order valence-corrected chi connectivity index (χ4v) is 3.84. The molecule has 1 aromatic heterocycles. The smallest absolute Gasteiger partial charge is 0.237 e. The molecule has 0 radical (unpaired) electrons. The summed E-state index contributed by atoms with van der Waals surface area (Å²) in [6.45, 7) is 6.64. The summed E-state index contributed by atoms with van der Waals surface area (Å²) in [7, 11) is 4.15. The largest absolute Gasteiger partial charge is 0.370 e. The first-order chi connectivity index (χ1) is 13.5. The molecule has 0 saturated carbocycles. The van der Waals surface area contributed by atoms with E-state index in [1.807, 2.05) is 47.2 Å². The number of rotatable bonds is 6. The van der Waals surface area contributed by atoms with Crippen LogP contribution in [0.1, 0.15) is 15.9 Å². The molecule has 28 heavy (non-hydrogen) atoms. The highest BCUT2D eigenvalue weighted by atomic mass is 16.2. The number of fused-ring (bicyclic) bond motifs is 1. The average molecular weight is 374 g/mol. The van der Waals surface area contributed by atoms with Gasteiger partial charge in [0.2, 0.25) is 5.91 Å². The molecule has 1 aliphatic heterocycles. The van der Waals surface area contributed by atoms with Crippen LogP contribution in [0.5, 0.6) is 0 Å². The Bertz CT molecular complexity index is 997. The standard InChI is InChI=1S/C24H27N3O/c1-18(19-9-5-4-6-10-19)26-15-21(16-26)24(28)27-17-20(13-14-25(2)3)22-11-7-8-12-23(22)27/h4-12,17,21H,1,13-16H2,2-3H3. The molecule has 0 aliphatic carbocycles. The third-order valence-corrected chi connectivity index (χ3v) is 5.58. The summed E-state index contributed by atoms with van der Waals surface area (Å²) in [5, 5.41) is 1.18. The minimum absolute atomic E-state index is 0.0120. The molecule has 2 aromatic carbocycles. The summed E-state index contributed by atoms with van der Waals surface area (Å²) in [6, 6.07) is 18.4. The summed E-state index contributed by atoms with van der Waals surface area (Å²) in [4.78, 5) is 17.6. The van der Waals surface area contributed by atoms with Gasteiger partial charge in [-0.3, -0.25) is 9.36 Å². The molecule has 0 unspecified atom stereocenters. The normalized spacial score (nSPS) is 14.5. The Hall–Kier alpha value is -2.85. The first-order valence-electron chi connectivity index (χ1n) is 9.82. The molecule has 4 heteroatoms. The lowest BCUT2D eigenvalue weighted by molar-refractivity contribution is 0.0680. The maximum Gasteiger partial charge on any atom is 0.237 e. The minimum Gasteiger partial charge on any atom is -0.370 e. The molecule has 0 amide bonds. The number of carbonyl (C=O) groups excluding carboxylic acids is 1. The van der Waals surface area contributed by atoms with Crippen LogP contribution >= 0.6 is 0 Å². The van der Waals surface area contributed by atoms with E-state index in [0.717, 1.165) is 42.8 Å². The number of carbonyl (C=O) groups is 1. The average Bonchev–Trinajstić information content (AvgIpc) is 3.04. The van der Waals surface area contributed by atoms with Crippen LogP contribution in [0.25, 0.3) is 16.6 Å². The SMILES string of the molecule is C=C(c1ccccc1)N1CC(C(=O)n2cc(CCN(C)C)c3ccccc32)C1. The Kier molecular flexibility index (Phi) is 5.05. The maximum atomic E-state index is 13.2. The zero-order chi connectivity index (χ0) is 19.7. The van der Waals surface area contributed by atoms with Gasteiger partial charge in [0.25, 0.3) is 0 Å². The van der Waals surface area contributed by atoms with Crippen LogP contribution in [0.3, 0.4) is 0 Å². The Balaban J connectivity index is 1.50. The molecular formula is C24H27N3O. The van der Waals surface area contributed by atoms with Gasteiger partial charge in [-0.25, -0.2) is 0 Å². The van der Waals surface area contributed by atoms with Crippen LogP contribution in [0, 0.1) is 5.92 Å². The number of nitrogens with zero attached hydrogens (tertiary/aromatic N) is 3. The van der Waals surface area contributed by atoms with Gasteiger partial charge in [-0.1, -0.05) is 55.1 Å². The number of likely N-dealkylation sites (tertiary alicyclic amines) is 1. The lowest BCUT2D eigenvalue weighted by Gasteiger charge is -2.41. The molecule has 0 spiro atoms. The van der Waals surface area contributed by atoms with Crippen molar-refractivity contribution in [1.29, 1.82) is 0 Å².